The lowest BCUT2D eigenvalue weighted by molar-refractivity contribution is 0.100. The Morgan fingerprint density at radius 2 is 1.88 bits per heavy atom. The van der Waals surface area contributed by atoms with Gasteiger partial charge in [0.25, 0.3) is 0 Å². The number of rotatable bonds is 2. The van der Waals surface area contributed by atoms with Crippen molar-refractivity contribution in [2.24, 2.45) is 5.92 Å². The molecule has 0 radical (unpaired) electrons. The predicted molar refractivity (Wildman–Crippen MR) is 62.6 cm³/mol. The van der Waals surface area contributed by atoms with Crippen molar-refractivity contribution in [3.63, 3.8) is 0 Å². The summed E-state index contributed by atoms with van der Waals surface area (Å²) < 4.78 is 26.6. The normalized spacial score (nSPS) is 25.6. The van der Waals surface area contributed by atoms with Gasteiger partial charge in [0.1, 0.15) is 0 Å². The molecule has 0 aromatic heterocycles. The summed E-state index contributed by atoms with van der Waals surface area (Å²) >= 11 is 0. The molecule has 94 valence electrons. The maximum Gasteiger partial charge on any atom is 0.162 e. The highest BCUT2D eigenvalue weighted by Crippen LogP contribution is 2.27. The van der Waals surface area contributed by atoms with Gasteiger partial charge in [0, 0.05) is 0 Å². The average molecular weight is 240 g/mol. The molecule has 1 aliphatic rings. The van der Waals surface area contributed by atoms with Crippen molar-refractivity contribution in [3.8, 4) is 0 Å². The minimum Gasteiger partial charge on any atom is -0.393 e. The van der Waals surface area contributed by atoms with Gasteiger partial charge in [-0.05, 0) is 36.8 Å². The highest BCUT2D eigenvalue weighted by molar-refractivity contribution is 5.19. The zero-order valence-corrected chi connectivity index (χ0v) is 9.83. The quantitative estimate of drug-likeness (QED) is 0.785. The summed E-state index contributed by atoms with van der Waals surface area (Å²) in [7, 11) is 0. The van der Waals surface area contributed by atoms with Crippen LogP contribution in [0.15, 0.2) is 18.2 Å². The van der Waals surface area contributed by atoms with Crippen molar-refractivity contribution < 1.29 is 13.9 Å². The van der Waals surface area contributed by atoms with Gasteiger partial charge in [-0.3, -0.25) is 0 Å². The second-order valence-electron chi connectivity index (χ2n) is 4.88. The smallest absolute Gasteiger partial charge is 0.162 e. The Morgan fingerprint density at radius 1 is 1.12 bits per heavy atom. The van der Waals surface area contributed by atoms with Gasteiger partial charge in [0.2, 0.25) is 0 Å². The van der Waals surface area contributed by atoms with Crippen LogP contribution in [-0.4, -0.2) is 11.2 Å². The molecule has 17 heavy (non-hydrogen) atoms. The number of aliphatic hydroxyl groups is 1. The summed E-state index contributed by atoms with van der Waals surface area (Å²) in [4.78, 5) is 0. The zero-order chi connectivity index (χ0) is 12.3. The summed E-state index contributed by atoms with van der Waals surface area (Å²) in [6.07, 6.45) is 4.96. The topological polar surface area (TPSA) is 20.2 Å². The zero-order valence-electron chi connectivity index (χ0n) is 9.83. The molecule has 3 heteroatoms. The first-order valence-corrected chi connectivity index (χ1v) is 6.29. The number of hydrogen-bond acceptors (Lipinski definition) is 1. The Kier molecular flexibility index (Phi) is 4.11. The van der Waals surface area contributed by atoms with Crippen molar-refractivity contribution in [1.29, 1.82) is 0 Å². The Hall–Kier alpha value is -0.960. The Balaban J connectivity index is 2.10. The number of halogens is 2. The van der Waals surface area contributed by atoms with Crippen molar-refractivity contribution >= 4 is 0 Å². The molecule has 2 rings (SSSR count). The molecule has 0 heterocycles. The van der Waals surface area contributed by atoms with E-state index < -0.39 is 11.6 Å². The SMILES string of the molecule is OC1CCCCCC1Cc1cccc(F)c1F. The molecule has 0 saturated heterocycles. The lowest BCUT2D eigenvalue weighted by Gasteiger charge is -2.20. The van der Waals surface area contributed by atoms with Crippen LogP contribution in [0.4, 0.5) is 8.78 Å². The third-order valence-electron chi connectivity index (χ3n) is 3.63. The average Bonchev–Trinajstić information content (AvgIpc) is 2.51. The third-order valence-corrected chi connectivity index (χ3v) is 3.63. The number of aliphatic hydroxyl groups excluding tert-OH is 1. The summed E-state index contributed by atoms with van der Waals surface area (Å²) in [5.41, 5.74) is 0.385. The molecule has 1 fully saturated rings. The van der Waals surface area contributed by atoms with Crippen molar-refractivity contribution in [2.75, 3.05) is 0 Å². The lowest BCUT2D eigenvalue weighted by atomic mass is 9.90. The van der Waals surface area contributed by atoms with Crippen LogP contribution in [0.5, 0.6) is 0 Å². The van der Waals surface area contributed by atoms with E-state index in [1.54, 1.807) is 6.07 Å². The fourth-order valence-electron chi connectivity index (χ4n) is 2.59. The van der Waals surface area contributed by atoms with Gasteiger partial charge in [0.15, 0.2) is 11.6 Å². The minimum absolute atomic E-state index is 0.0637. The fraction of sp³-hybridized carbons (Fsp3) is 0.571. The largest absolute Gasteiger partial charge is 0.393 e. The second-order valence-corrected chi connectivity index (χ2v) is 4.88. The Morgan fingerprint density at radius 3 is 2.71 bits per heavy atom. The maximum atomic E-state index is 13.5. The van der Waals surface area contributed by atoms with Gasteiger partial charge < -0.3 is 5.11 Å². The van der Waals surface area contributed by atoms with E-state index in [9.17, 15) is 13.9 Å². The molecule has 0 amide bonds. The Labute approximate surface area is 100 Å². The van der Waals surface area contributed by atoms with Crippen LogP contribution in [0, 0.1) is 17.6 Å². The van der Waals surface area contributed by atoms with Gasteiger partial charge in [0.05, 0.1) is 6.10 Å². The van der Waals surface area contributed by atoms with E-state index in [4.69, 9.17) is 0 Å². The minimum atomic E-state index is -0.800. The highest BCUT2D eigenvalue weighted by Gasteiger charge is 2.23. The van der Waals surface area contributed by atoms with Crippen LogP contribution in [0.1, 0.15) is 37.7 Å². The molecule has 1 aromatic carbocycles. The van der Waals surface area contributed by atoms with E-state index in [-0.39, 0.29) is 12.0 Å². The first-order valence-electron chi connectivity index (χ1n) is 6.29. The molecule has 1 saturated carbocycles. The summed E-state index contributed by atoms with van der Waals surface area (Å²) in [6.45, 7) is 0. The first kappa shape index (κ1) is 12.5. The maximum absolute atomic E-state index is 13.5. The molecule has 1 nitrogen and oxygen atoms in total. The number of benzene rings is 1. The highest BCUT2D eigenvalue weighted by atomic mass is 19.2. The van der Waals surface area contributed by atoms with Gasteiger partial charge in [-0.1, -0.05) is 31.4 Å². The van der Waals surface area contributed by atoms with E-state index >= 15 is 0 Å². The molecule has 1 N–H and O–H groups in total. The molecular formula is C14H18F2O. The van der Waals surface area contributed by atoms with Crippen molar-refractivity contribution in [3.05, 3.63) is 35.4 Å². The fourth-order valence-corrected chi connectivity index (χ4v) is 2.59. The summed E-state index contributed by atoms with van der Waals surface area (Å²) in [6, 6.07) is 4.26. The van der Waals surface area contributed by atoms with Crippen LogP contribution in [0.3, 0.4) is 0 Å². The van der Waals surface area contributed by atoms with E-state index in [0.717, 1.165) is 38.2 Å². The van der Waals surface area contributed by atoms with Crippen LogP contribution < -0.4 is 0 Å². The van der Waals surface area contributed by atoms with Crippen LogP contribution in [0.2, 0.25) is 0 Å². The molecule has 1 aromatic rings. The molecule has 0 spiro atoms. The third kappa shape index (κ3) is 3.03. The molecule has 1 aliphatic carbocycles. The van der Waals surface area contributed by atoms with E-state index in [2.05, 4.69) is 0 Å². The van der Waals surface area contributed by atoms with Gasteiger partial charge in [-0.15, -0.1) is 0 Å². The molecule has 2 unspecified atom stereocenters. The van der Waals surface area contributed by atoms with Crippen LogP contribution >= 0.6 is 0 Å². The van der Waals surface area contributed by atoms with Crippen molar-refractivity contribution in [2.45, 2.75) is 44.6 Å². The van der Waals surface area contributed by atoms with E-state index in [0.29, 0.717) is 12.0 Å². The molecule has 2 atom stereocenters. The molecule has 0 aliphatic heterocycles. The summed E-state index contributed by atoms with van der Waals surface area (Å²) in [5.74, 6) is -1.50. The monoisotopic (exact) mass is 240 g/mol. The number of hydrogen-bond donors (Lipinski definition) is 1. The first-order chi connectivity index (χ1) is 8.18. The van der Waals surface area contributed by atoms with Gasteiger partial charge in [-0.25, -0.2) is 8.78 Å². The lowest BCUT2D eigenvalue weighted by Crippen LogP contribution is -2.21. The standard InChI is InChI=1S/C14H18F2O/c15-12-7-4-6-11(14(12)16)9-10-5-2-1-3-8-13(10)17/h4,6-7,10,13,17H,1-3,5,8-9H2. The predicted octanol–water partition coefficient (Wildman–Crippen LogP) is 3.45. The van der Waals surface area contributed by atoms with Crippen molar-refractivity contribution in [1.82, 2.24) is 0 Å². The molecular weight excluding hydrogens is 222 g/mol. The van der Waals surface area contributed by atoms with Gasteiger partial charge in [-0.2, -0.15) is 0 Å². The van der Waals surface area contributed by atoms with Crippen LogP contribution in [0.25, 0.3) is 0 Å². The molecule has 0 bridgehead atoms. The van der Waals surface area contributed by atoms with E-state index in [1.165, 1.54) is 6.07 Å². The summed E-state index contributed by atoms with van der Waals surface area (Å²) in [5, 5.41) is 9.95. The van der Waals surface area contributed by atoms with Gasteiger partial charge >= 0.3 is 0 Å². The Bertz CT molecular complexity index is 378. The van der Waals surface area contributed by atoms with Crippen LogP contribution in [-0.2, 0) is 6.42 Å². The second kappa shape index (κ2) is 5.58. The van der Waals surface area contributed by atoms with E-state index in [1.807, 2.05) is 0 Å².